The van der Waals surface area contributed by atoms with Crippen LogP contribution in [0.2, 0.25) is 0 Å². The Kier molecular flexibility index (Phi) is 5.01. The van der Waals surface area contributed by atoms with Crippen molar-refractivity contribution in [1.82, 2.24) is 4.90 Å². The predicted molar refractivity (Wildman–Crippen MR) is 58.3 cm³/mol. The average molecular weight is 227 g/mol. The number of likely N-dealkylation sites (N-methyl/N-ethyl adjacent to an activating group) is 1. The zero-order chi connectivity index (χ0) is 12.0. The molecule has 0 spiro atoms. The van der Waals surface area contributed by atoms with Gasteiger partial charge in [-0.3, -0.25) is 0 Å². The van der Waals surface area contributed by atoms with E-state index in [1.807, 2.05) is 19.0 Å². The van der Waals surface area contributed by atoms with Crippen LogP contribution >= 0.6 is 0 Å². The van der Waals surface area contributed by atoms with Crippen LogP contribution in [0.25, 0.3) is 0 Å². The summed E-state index contributed by atoms with van der Waals surface area (Å²) in [6.45, 7) is 1.40. The van der Waals surface area contributed by atoms with E-state index in [1.165, 1.54) is 0 Å². The molecule has 0 bridgehead atoms. The fraction of sp³-hybridized carbons (Fsp3) is 0.545. The Morgan fingerprint density at radius 3 is 2.81 bits per heavy atom. The van der Waals surface area contributed by atoms with Gasteiger partial charge in [0, 0.05) is 13.7 Å². The van der Waals surface area contributed by atoms with Crippen molar-refractivity contribution in [2.24, 2.45) is 0 Å². The summed E-state index contributed by atoms with van der Waals surface area (Å²) in [7, 11) is 5.40. The number of rotatable bonds is 6. The molecule has 0 aromatic carbocycles. The van der Waals surface area contributed by atoms with Gasteiger partial charge in [-0.2, -0.15) is 0 Å². The summed E-state index contributed by atoms with van der Waals surface area (Å²) >= 11 is 0. The van der Waals surface area contributed by atoms with Crippen molar-refractivity contribution < 1.29 is 18.7 Å². The normalized spacial score (nSPS) is 10.8. The first kappa shape index (κ1) is 12.7. The number of furan rings is 1. The Bertz CT molecular complexity index is 332. The fourth-order valence-corrected chi connectivity index (χ4v) is 1.10. The third-order valence-corrected chi connectivity index (χ3v) is 1.92. The van der Waals surface area contributed by atoms with Gasteiger partial charge < -0.3 is 18.8 Å². The highest BCUT2D eigenvalue weighted by Gasteiger charge is 2.12. The Balaban J connectivity index is 2.40. The highest BCUT2D eigenvalue weighted by molar-refractivity contribution is 5.86. The SMILES string of the molecule is COCc1ccc(C(=O)OCCN(C)C)o1. The topological polar surface area (TPSA) is 51.9 Å². The van der Waals surface area contributed by atoms with E-state index in [0.29, 0.717) is 25.5 Å². The molecule has 0 fully saturated rings. The van der Waals surface area contributed by atoms with E-state index in [0.717, 1.165) is 0 Å². The van der Waals surface area contributed by atoms with E-state index < -0.39 is 5.97 Å². The van der Waals surface area contributed by atoms with Gasteiger partial charge in [-0.25, -0.2) is 4.79 Å². The number of hydrogen-bond donors (Lipinski definition) is 0. The smallest absolute Gasteiger partial charge is 0.374 e. The van der Waals surface area contributed by atoms with Crippen LogP contribution < -0.4 is 0 Å². The van der Waals surface area contributed by atoms with E-state index in [4.69, 9.17) is 13.9 Å². The predicted octanol–water partition coefficient (Wildman–Crippen LogP) is 1.14. The van der Waals surface area contributed by atoms with Gasteiger partial charge in [0.05, 0.1) is 0 Å². The Morgan fingerprint density at radius 1 is 1.44 bits per heavy atom. The van der Waals surface area contributed by atoms with E-state index in [9.17, 15) is 4.79 Å². The standard InChI is InChI=1S/C11H17NO4/c1-12(2)6-7-15-11(13)10-5-4-9(16-10)8-14-3/h4-5H,6-8H2,1-3H3. The zero-order valence-electron chi connectivity index (χ0n) is 9.86. The second-order valence-corrected chi connectivity index (χ2v) is 3.64. The quantitative estimate of drug-likeness (QED) is 0.682. The van der Waals surface area contributed by atoms with Crippen molar-refractivity contribution in [3.8, 4) is 0 Å². The van der Waals surface area contributed by atoms with Crippen LogP contribution in [-0.4, -0.2) is 45.2 Å². The van der Waals surface area contributed by atoms with Gasteiger partial charge in [0.15, 0.2) is 0 Å². The third-order valence-electron chi connectivity index (χ3n) is 1.92. The molecule has 0 aliphatic heterocycles. The maximum absolute atomic E-state index is 11.5. The largest absolute Gasteiger partial charge is 0.458 e. The zero-order valence-corrected chi connectivity index (χ0v) is 9.86. The lowest BCUT2D eigenvalue weighted by Gasteiger charge is -2.08. The number of hydrogen-bond acceptors (Lipinski definition) is 5. The molecule has 0 saturated carbocycles. The number of methoxy groups -OCH3 is 1. The van der Waals surface area contributed by atoms with Crippen molar-refractivity contribution in [3.05, 3.63) is 23.7 Å². The van der Waals surface area contributed by atoms with Crippen LogP contribution in [0.5, 0.6) is 0 Å². The summed E-state index contributed by atoms with van der Waals surface area (Å²) < 4.78 is 15.1. The van der Waals surface area contributed by atoms with Gasteiger partial charge in [0.2, 0.25) is 5.76 Å². The minimum Gasteiger partial charge on any atom is -0.458 e. The lowest BCUT2D eigenvalue weighted by Crippen LogP contribution is -2.20. The second kappa shape index (κ2) is 6.30. The molecule has 0 atom stereocenters. The first-order valence-corrected chi connectivity index (χ1v) is 5.03. The molecule has 0 N–H and O–H groups in total. The summed E-state index contributed by atoms with van der Waals surface area (Å²) in [6.07, 6.45) is 0. The molecule has 1 aromatic heterocycles. The van der Waals surface area contributed by atoms with Crippen LogP contribution in [0.15, 0.2) is 16.5 Å². The highest BCUT2D eigenvalue weighted by Crippen LogP contribution is 2.09. The van der Waals surface area contributed by atoms with E-state index >= 15 is 0 Å². The summed E-state index contributed by atoms with van der Waals surface area (Å²) in [5.41, 5.74) is 0. The second-order valence-electron chi connectivity index (χ2n) is 3.64. The highest BCUT2D eigenvalue weighted by atomic mass is 16.5. The lowest BCUT2D eigenvalue weighted by molar-refractivity contribution is 0.0439. The van der Waals surface area contributed by atoms with Gasteiger partial charge in [-0.15, -0.1) is 0 Å². The molecule has 0 aliphatic carbocycles. The maximum Gasteiger partial charge on any atom is 0.374 e. The van der Waals surface area contributed by atoms with Crippen LogP contribution in [0, 0.1) is 0 Å². The Labute approximate surface area is 94.9 Å². The number of carbonyl (C=O) groups excluding carboxylic acids is 1. The van der Waals surface area contributed by atoms with Crippen molar-refractivity contribution in [3.63, 3.8) is 0 Å². The molecular weight excluding hydrogens is 210 g/mol. The molecular formula is C11H17NO4. The minimum absolute atomic E-state index is 0.214. The van der Waals surface area contributed by atoms with E-state index in [-0.39, 0.29) is 5.76 Å². The molecule has 90 valence electrons. The molecule has 16 heavy (non-hydrogen) atoms. The minimum atomic E-state index is -0.441. The average Bonchev–Trinajstić information content (AvgIpc) is 2.66. The molecule has 0 radical (unpaired) electrons. The number of carbonyl (C=O) groups is 1. The fourth-order valence-electron chi connectivity index (χ4n) is 1.10. The van der Waals surface area contributed by atoms with Crippen molar-refractivity contribution in [2.45, 2.75) is 6.61 Å². The summed E-state index contributed by atoms with van der Waals surface area (Å²) in [4.78, 5) is 13.4. The molecule has 0 saturated heterocycles. The number of ether oxygens (including phenoxy) is 2. The Hall–Kier alpha value is -1.33. The van der Waals surface area contributed by atoms with Crippen LogP contribution in [0.1, 0.15) is 16.3 Å². The van der Waals surface area contributed by atoms with Crippen molar-refractivity contribution in [1.29, 1.82) is 0 Å². The van der Waals surface area contributed by atoms with Gasteiger partial charge in [-0.05, 0) is 26.2 Å². The Morgan fingerprint density at radius 2 is 2.19 bits per heavy atom. The summed E-state index contributed by atoms with van der Waals surface area (Å²) in [5, 5.41) is 0. The third kappa shape index (κ3) is 4.04. The van der Waals surface area contributed by atoms with Gasteiger partial charge in [0.1, 0.15) is 19.0 Å². The molecule has 5 heteroatoms. The molecule has 5 nitrogen and oxygen atoms in total. The van der Waals surface area contributed by atoms with Crippen LogP contribution in [0.4, 0.5) is 0 Å². The molecule has 0 amide bonds. The van der Waals surface area contributed by atoms with Crippen molar-refractivity contribution in [2.75, 3.05) is 34.4 Å². The molecule has 1 rings (SSSR count). The molecule has 1 aromatic rings. The van der Waals surface area contributed by atoms with Gasteiger partial charge in [0.25, 0.3) is 0 Å². The number of esters is 1. The molecule has 0 unspecified atom stereocenters. The molecule has 0 aliphatic rings. The summed E-state index contributed by atoms with van der Waals surface area (Å²) in [5.74, 6) is 0.386. The lowest BCUT2D eigenvalue weighted by atomic mass is 10.4. The van der Waals surface area contributed by atoms with Gasteiger partial charge in [-0.1, -0.05) is 0 Å². The number of nitrogens with zero attached hydrogens (tertiary/aromatic N) is 1. The van der Waals surface area contributed by atoms with Crippen molar-refractivity contribution >= 4 is 5.97 Å². The van der Waals surface area contributed by atoms with Crippen LogP contribution in [0.3, 0.4) is 0 Å². The molecule has 1 heterocycles. The van der Waals surface area contributed by atoms with Crippen LogP contribution in [-0.2, 0) is 16.1 Å². The summed E-state index contributed by atoms with van der Waals surface area (Å²) in [6, 6.07) is 3.29. The monoisotopic (exact) mass is 227 g/mol. The maximum atomic E-state index is 11.5. The van der Waals surface area contributed by atoms with E-state index in [2.05, 4.69) is 0 Å². The van der Waals surface area contributed by atoms with Gasteiger partial charge >= 0.3 is 5.97 Å². The first-order valence-electron chi connectivity index (χ1n) is 5.03. The first-order chi connectivity index (χ1) is 7.63. The van der Waals surface area contributed by atoms with E-state index in [1.54, 1.807) is 19.2 Å².